The summed E-state index contributed by atoms with van der Waals surface area (Å²) in [4.78, 5) is 11.2. The van der Waals surface area contributed by atoms with Gasteiger partial charge >= 0.3 is 93.7 Å². The molecule has 1 aromatic rings. The summed E-state index contributed by atoms with van der Waals surface area (Å²) in [6.45, 7) is 0.744. The molecule has 4 heteroatoms. The Morgan fingerprint density at radius 1 is 1.64 bits per heavy atom. The van der Waals surface area contributed by atoms with Gasteiger partial charge in [-0.2, -0.15) is 0 Å². The van der Waals surface area contributed by atoms with Crippen molar-refractivity contribution >= 4 is 10.5 Å². The van der Waals surface area contributed by atoms with E-state index in [0.717, 1.165) is 12.1 Å². The molecule has 1 rings (SSSR count). The zero-order valence-corrected chi connectivity index (χ0v) is 10.8. The molecule has 0 bridgehead atoms. The van der Waals surface area contributed by atoms with Crippen LogP contribution in [0.1, 0.15) is 15.9 Å². The van der Waals surface area contributed by atoms with Crippen LogP contribution in [0.25, 0.3) is 0 Å². The molecule has 0 heterocycles. The Morgan fingerprint density at radius 2 is 2.43 bits per heavy atom. The van der Waals surface area contributed by atoms with Gasteiger partial charge in [0.15, 0.2) is 0 Å². The molecule has 0 aliphatic rings. The standard InChI is InChI=1S/C10H11NO2.W/c1-11-7-8-4-3-5-9(6-8)10(12)13-2;/h1,3-6,11H,7H2,2H3;. The summed E-state index contributed by atoms with van der Waals surface area (Å²) in [5.74, 6) is -0.294. The van der Waals surface area contributed by atoms with Crippen molar-refractivity contribution in [3.8, 4) is 0 Å². The SMILES string of the molecule is COC(=O)c1cccc(CN[CH]=[W])c1. The molecule has 0 saturated heterocycles. The van der Waals surface area contributed by atoms with Crippen LogP contribution in [-0.2, 0) is 30.6 Å². The van der Waals surface area contributed by atoms with Gasteiger partial charge in [0, 0.05) is 0 Å². The molecule has 3 nitrogen and oxygen atoms in total. The first-order valence-corrected chi connectivity index (χ1v) is 5.81. The van der Waals surface area contributed by atoms with E-state index >= 15 is 0 Å². The first-order valence-electron chi connectivity index (χ1n) is 4.12. The first-order chi connectivity index (χ1) is 6.77. The minimum absolute atomic E-state index is 0.294. The number of carbonyl (C=O) groups excluding carboxylic acids is 1. The first kappa shape index (κ1) is 11.3. The second kappa shape index (κ2) is 5.84. The summed E-state index contributed by atoms with van der Waals surface area (Å²) < 4.78 is 6.58. The predicted molar refractivity (Wildman–Crippen MR) is 50.7 cm³/mol. The number of methoxy groups -OCH3 is 1. The van der Waals surface area contributed by atoms with Crippen molar-refractivity contribution in [2.75, 3.05) is 7.11 Å². The number of esters is 1. The van der Waals surface area contributed by atoms with Crippen molar-refractivity contribution in [1.29, 1.82) is 0 Å². The number of carbonyl (C=O) groups is 1. The van der Waals surface area contributed by atoms with E-state index in [-0.39, 0.29) is 5.97 Å². The second-order valence-corrected chi connectivity index (χ2v) is 3.54. The van der Waals surface area contributed by atoms with Crippen molar-refractivity contribution in [2.24, 2.45) is 0 Å². The Labute approximate surface area is 93.9 Å². The maximum atomic E-state index is 11.2. The van der Waals surface area contributed by atoms with Gasteiger partial charge in [-0.3, -0.25) is 0 Å². The average Bonchev–Trinajstić information content (AvgIpc) is 2.25. The molecule has 0 atom stereocenters. The van der Waals surface area contributed by atoms with Gasteiger partial charge in [-0.15, -0.1) is 0 Å². The molecule has 74 valence electrons. The van der Waals surface area contributed by atoms with Crippen LogP contribution in [0, 0.1) is 0 Å². The van der Waals surface area contributed by atoms with E-state index in [1.54, 1.807) is 6.07 Å². The fourth-order valence-corrected chi connectivity index (χ4v) is 1.39. The molecule has 0 radical (unpaired) electrons. The van der Waals surface area contributed by atoms with Gasteiger partial charge in [-0.1, -0.05) is 0 Å². The third kappa shape index (κ3) is 3.17. The van der Waals surface area contributed by atoms with E-state index < -0.39 is 0 Å². The van der Waals surface area contributed by atoms with E-state index in [0.29, 0.717) is 5.56 Å². The van der Waals surface area contributed by atoms with Crippen LogP contribution in [0.4, 0.5) is 0 Å². The fraction of sp³-hybridized carbons (Fsp3) is 0.200. The van der Waals surface area contributed by atoms with E-state index in [2.05, 4.69) is 10.1 Å². The van der Waals surface area contributed by atoms with Gasteiger partial charge in [0.1, 0.15) is 0 Å². The zero-order valence-electron chi connectivity index (χ0n) is 7.82. The molecule has 1 aromatic carbocycles. The minimum atomic E-state index is -0.294. The van der Waals surface area contributed by atoms with Crippen LogP contribution in [0.15, 0.2) is 24.3 Å². The Morgan fingerprint density at radius 3 is 3.07 bits per heavy atom. The molecule has 0 spiro atoms. The Balaban J connectivity index is 2.78. The van der Waals surface area contributed by atoms with Gasteiger partial charge < -0.3 is 0 Å². The van der Waals surface area contributed by atoms with Gasteiger partial charge in [-0.05, 0) is 0 Å². The summed E-state index contributed by atoms with van der Waals surface area (Å²) in [5, 5.41) is 3.11. The summed E-state index contributed by atoms with van der Waals surface area (Å²) in [6, 6.07) is 7.40. The molecular weight excluding hydrogens is 350 g/mol. The Hall–Kier alpha value is -0.792. The van der Waals surface area contributed by atoms with Gasteiger partial charge in [0.05, 0.1) is 0 Å². The number of hydrogen-bond donors (Lipinski definition) is 1. The Kier molecular flexibility index (Phi) is 4.71. The molecule has 0 aromatic heterocycles. The van der Waals surface area contributed by atoms with E-state index in [4.69, 9.17) is 0 Å². The number of hydrogen-bond acceptors (Lipinski definition) is 3. The summed E-state index contributed by atoms with van der Waals surface area (Å²) >= 11 is 1.38. The van der Waals surface area contributed by atoms with E-state index in [9.17, 15) is 4.79 Å². The number of ether oxygens (including phenoxy) is 1. The maximum absolute atomic E-state index is 11.2. The van der Waals surface area contributed by atoms with E-state index in [1.165, 1.54) is 26.5 Å². The van der Waals surface area contributed by atoms with Gasteiger partial charge in [0.2, 0.25) is 0 Å². The van der Waals surface area contributed by atoms with Crippen LogP contribution in [-0.4, -0.2) is 17.6 Å². The quantitative estimate of drug-likeness (QED) is 0.810. The third-order valence-electron chi connectivity index (χ3n) is 1.74. The summed E-state index contributed by atoms with van der Waals surface area (Å²) in [5.41, 5.74) is 1.67. The molecule has 0 amide bonds. The normalized spacial score (nSPS) is 9.50. The molecular formula is C10H11NO2W. The summed E-state index contributed by atoms with van der Waals surface area (Å²) in [7, 11) is 1.39. The number of nitrogens with one attached hydrogen (secondary N) is 1. The van der Waals surface area contributed by atoms with E-state index in [1.807, 2.05) is 22.7 Å². The van der Waals surface area contributed by atoms with Crippen molar-refractivity contribution < 1.29 is 28.9 Å². The monoisotopic (exact) mass is 361 g/mol. The Bertz CT molecular complexity index is 339. The van der Waals surface area contributed by atoms with Crippen molar-refractivity contribution in [2.45, 2.75) is 6.54 Å². The molecule has 0 fully saturated rings. The van der Waals surface area contributed by atoms with Gasteiger partial charge in [0.25, 0.3) is 0 Å². The number of benzene rings is 1. The molecule has 0 aliphatic heterocycles. The predicted octanol–water partition coefficient (Wildman–Crippen LogP) is 0.869. The van der Waals surface area contributed by atoms with Crippen molar-refractivity contribution in [3.05, 3.63) is 35.4 Å². The van der Waals surface area contributed by atoms with Crippen LogP contribution in [0.2, 0.25) is 0 Å². The third-order valence-corrected chi connectivity index (χ3v) is 2.34. The second-order valence-electron chi connectivity index (χ2n) is 2.69. The van der Waals surface area contributed by atoms with Crippen molar-refractivity contribution in [3.63, 3.8) is 0 Å². The summed E-state index contributed by atoms with van der Waals surface area (Å²) in [6.07, 6.45) is 0. The fourth-order valence-electron chi connectivity index (χ4n) is 1.09. The molecule has 1 N–H and O–H groups in total. The molecule has 0 unspecified atom stereocenters. The van der Waals surface area contributed by atoms with Gasteiger partial charge in [-0.25, -0.2) is 0 Å². The molecule has 0 aliphatic carbocycles. The topological polar surface area (TPSA) is 38.3 Å². The van der Waals surface area contributed by atoms with Crippen LogP contribution < -0.4 is 5.32 Å². The van der Waals surface area contributed by atoms with Crippen LogP contribution in [0.3, 0.4) is 0 Å². The van der Waals surface area contributed by atoms with Crippen LogP contribution >= 0.6 is 0 Å². The number of rotatable bonds is 4. The van der Waals surface area contributed by atoms with Crippen LogP contribution in [0.5, 0.6) is 0 Å². The zero-order chi connectivity index (χ0) is 10.4. The average molecular weight is 361 g/mol. The molecule has 0 saturated carbocycles. The van der Waals surface area contributed by atoms with Crippen molar-refractivity contribution in [1.82, 2.24) is 5.32 Å². The molecule has 14 heavy (non-hydrogen) atoms.